The number of carboxylic acids is 1. The lowest BCUT2D eigenvalue weighted by Gasteiger charge is -2.27. The molecule has 4 heteroatoms. The molecular formula is C18H20N2O2. The van der Waals surface area contributed by atoms with E-state index >= 15 is 0 Å². The number of hydrogen-bond donors (Lipinski definition) is 1. The third-order valence-corrected chi connectivity index (χ3v) is 4.56. The molecule has 0 radical (unpaired) electrons. The van der Waals surface area contributed by atoms with E-state index < -0.39 is 17.3 Å². The van der Waals surface area contributed by atoms with Gasteiger partial charge in [-0.25, -0.2) is 0 Å². The van der Waals surface area contributed by atoms with Gasteiger partial charge in [0, 0.05) is 36.9 Å². The van der Waals surface area contributed by atoms with Gasteiger partial charge in [0.1, 0.15) is 0 Å². The molecule has 0 aliphatic carbocycles. The molecule has 1 aromatic heterocycles. The third-order valence-electron chi connectivity index (χ3n) is 4.56. The van der Waals surface area contributed by atoms with Crippen molar-refractivity contribution in [2.45, 2.75) is 18.9 Å². The average Bonchev–Trinajstić information content (AvgIpc) is 2.87. The Kier molecular flexibility index (Phi) is 3.94. The molecule has 2 unspecified atom stereocenters. The molecule has 1 saturated heterocycles. The van der Waals surface area contributed by atoms with Crippen LogP contribution in [0.4, 0.5) is 0 Å². The largest absolute Gasteiger partial charge is 0.481 e. The minimum atomic E-state index is -0.747. The van der Waals surface area contributed by atoms with Crippen molar-refractivity contribution in [3.63, 3.8) is 0 Å². The molecule has 1 aromatic carbocycles. The molecule has 1 aliphatic heterocycles. The van der Waals surface area contributed by atoms with Gasteiger partial charge in [-0.15, -0.1) is 0 Å². The van der Waals surface area contributed by atoms with E-state index in [9.17, 15) is 9.90 Å². The Labute approximate surface area is 130 Å². The Morgan fingerprint density at radius 2 is 2.00 bits per heavy atom. The minimum absolute atomic E-state index is 0.439. The fourth-order valence-electron chi connectivity index (χ4n) is 3.37. The summed E-state index contributed by atoms with van der Waals surface area (Å²) in [6.07, 6.45) is 1.74. The Morgan fingerprint density at radius 1 is 1.27 bits per heavy atom. The number of rotatable bonds is 4. The molecule has 0 amide bonds. The maximum absolute atomic E-state index is 11.7. The van der Waals surface area contributed by atoms with Crippen LogP contribution in [0.15, 0.2) is 54.7 Å². The van der Waals surface area contributed by atoms with Gasteiger partial charge in [-0.1, -0.05) is 43.3 Å². The highest BCUT2D eigenvalue weighted by molar-refractivity contribution is 5.73. The van der Waals surface area contributed by atoms with Gasteiger partial charge >= 0.3 is 5.97 Å². The highest BCUT2D eigenvalue weighted by Gasteiger charge is 2.48. The van der Waals surface area contributed by atoms with Gasteiger partial charge in [0.15, 0.2) is 0 Å². The maximum Gasteiger partial charge on any atom is 0.308 e. The molecule has 1 aliphatic rings. The second kappa shape index (κ2) is 5.89. The SMILES string of the molecule is CC1(c2ccccn2)CN(Cc2ccccc2)CC1C(=O)O. The van der Waals surface area contributed by atoms with Crippen LogP contribution < -0.4 is 0 Å². The zero-order chi connectivity index (χ0) is 15.6. The first-order chi connectivity index (χ1) is 10.6. The van der Waals surface area contributed by atoms with E-state index in [4.69, 9.17) is 0 Å². The second-order valence-electron chi connectivity index (χ2n) is 6.18. The predicted octanol–water partition coefficient (Wildman–Crippen LogP) is 2.56. The van der Waals surface area contributed by atoms with E-state index in [2.05, 4.69) is 22.0 Å². The van der Waals surface area contributed by atoms with Crippen molar-refractivity contribution in [1.82, 2.24) is 9.88 Å². The van der Waals surface area contributed by atoms with E-state index in [1.807, 2.05) is 43.3 Å². The van der Waals surface area contributed by atoms with Crippen LogP contribution in [0.25, 0.3) is 0 Å². The lowest BCUT2D eigenvalue weighted by molar-refractivity contribution is -0.143. The summed E-state index contributed by atoms with van der Waals surface area (Å²) in [6, 6.07) is 15.9. The molecule has 1 N–H and O–H groups in total. The quantitative estimate of drug-likeness (QED) is 0.942. The van der Waals surface area contributed by atoms with Crippen LogP contribution in [0, 0.1) is 5.92 Å². The van der Waals surface area contributed by atoms with Crippen molar-refractivity contribution in [2.24, 2.45) is 5.92 Å². The van der Waals surface area contributed by atoms with Crippen LogP contribution in [0.5, 0.6) is 0 Å². The number of likely N-dealkylation sites (tertiary alicyclic amines) is 1. The Bertz CT molecular complexity index is 645. The van der Waals surface area contributed by atoms with E-state index in [-0.39, 0.29) is 0 Å². The highest BCUT2D eigenvalue weighted by Crippen LogP contribution is 2.38. The van der Waals surface area contributed by atoms with E-state index in [0.29, 0.717) is 13.1 Å². The zero-order valence-corrected chi connectivity index (χ0v) is 12.6. The molecule has 22 heavy (non-hydrogen) atoms. The van der Waals surface area contributed by atoms with Crippen LogP contribution in [0.3, 0.4) is 0 Å². The average molecular weight is 296 g/mol. The van der Waals surface area contributed by atoms with Crippen molar-refractivity contribution in [3.05, 3.63) is 66.0 Å². The van der Waals surface area contributed by atoms with E-state index in [1.165, 1.54) is 5.56 Å². The lowest BCUT2D eigenvalue weighted by atomic mass is 9.77. The van der Waals surface area contributed by atoms with E-state index in [0.717, 1.165) is 12.2 Å². The fourth-order valence-corrected chi connectivity index (χ4v) is 3.37. The van der Waals surface area contributed by atoms with Crippen molar-refractivity contribution < 1.29 is 9.90 Å². The van der Waals surface area contributed by atoms with Gasteiger partial charge in [0.2, 0.25) is 0 Å². The number of nitrogens with zero attached hydrogens (tertiary/aromatic N) is 2. The number of hydrogen-bond acceptors (Lipinski definition) is 3. The first kappa shape index (κ1) is 14.7. The van der Waals surface area contributed by atoms with Gasteiger partial charge in [0.25, 0.3) is 0 Å². The zero-order valence-electron chi connectivity index (χ0n) is 12.6. The summed E-state index contributed by atoms with van der Waals surface area (Å²) < 4.78 is 0. The maximum atomic E-state index is 11.7. The summed E-state index contributed by atoms with van der Waals surface area (Å²) in [7, 11) is 0. The summed E-state index contributed by atoms with van der Waals surface area (Å²) in [4.78, 5) is 18.4. The molecule has 2 heterocycles. The van der Waals surface area contributed by atoms with Gasteiger partial charge in [-0.3, -0.25) is 14.7 Å². The highest BCUT2D eigenvalue weighted by atomic mass is 16.4. The number of carbonyl (C=O) groups is 1. The van der Waals surface area contributed by atoms with Crippen LogP contribution in [0.2, 0.25) is 0 Å². The van der Waals surface area contributed by atoms with Gasteiger partial charge in [-0.2, -0.15) is 0 Å². The molecular weight excluding hydrogens is 276 g/mol. The molecule has 114 valence electrons. The van der Waals surface area contributed by atoms with Crippen molar-refractivity contribution in [2.75, 3.05) is 13.1 Å². The Balaban J connectivity index is 1.85. The Hall–Kier alpha value is -2.20. The fraction of sp³-hybridized carbons (Fsp3) is 0.333. The van der Waals surface area contributed by atoms with Crippen molar-refractivity contribution in [1.29, 1.82) is 0 Å². The predicted molar refractivity (Wildman–Crippen MR) is 84.4 cm³/mol. The second-order valence-corrected chi connectivity index (χ2v) is 6.18. The topological polar surface area (TPSA) is 53.4 Å². The molecule has 3 rings (SSSR count). The van der Waals surface area contributed by atoms with Gasteiger partial charge in [-0.05, 0) is 17.7 Å². The molecule has 1 fully saturated rings. The van der Waals surface area contributed by atoms with Crippen LogP contribution in [-0.2, 0) is 16.8 Å². The summed E-state index contributed by atoms with van der Waals surface area (Å²) in [5.74, 6) is -1.19. The summed E-state index contributed by atoms with van der Waals surface area (Å²) in [5.41, 5.74) is 1.61. The molecule has 4 nitrogen and oxygen atoms in total. The van der Waals surface area contributed by atoms with Crippen molar-refractivity contribution >= 4 is 5.97 Å². The Morgan fingerprint density at radius 3 is 2.64 bits per heavy atom. The molecule has 0 bridgehead atoms. The number of benzene rings is 1. The lowest BCUT2D eigenvalue weighted by Crippen LogP contribution is -2.37. The smallest absolute Gasteiger partial charge is 0.308 e. The third kappa shape index (κ3) is 2.74. The number of aliphatic carboxylic acids is 1. The van der Waals surface area contributed by atoms with Gasteiger partial charge < -0.3 is 5.11 Å². The van der Waals surface area contributed by atoms with Crippen LogP contribution in [0.1, 0.15) is 18.2 Å². The standard InChI is InChI=1S/C18H20N2O2/c1-18(16-9-5-6-10-19-16)13-20(12-15(18)17(21)22)11-14-7-3-2-4-8-14/h2-10,15H,11-13H2,1H3,(H,21,22). The summed E-state index contributed by atoms with van der Waals surface area (Å²) >= 11 is 0. The first-order valence-electron chi connectivity index (χ1n) is 7.50. The van der Waals surface area contributed by atoms with Crippen molar-refractivity contribution in [3.8, 4) is 0 Å². The number of carboxylic acid groups (broad SMARTS) is 1. The number of aromatic nitrogens is 1. The molecule has 2 atom stereocenters. The summed E-state index contributed by atoms with van der Waals surface area (Å²) in [6.45, 7) is 4.04. The minimum Gasteiger partial charge on any atom is -0.481 e. The monoisotopic (exact) mass is 296 g/mol. The van der Waals surface area contributed by atoms with E-state index in [1.54, 1.807) is 6.20 Å². The molecule has 0 saturated carbocycles. The van der Waals surface area contributed by atoms with Crippen LogP contribution in [-0.4, -0.2) is 34.0 Å². The normalized spacial score (nSPS) is 25.2. The molecule has 0 spiro atoms. The molecule has 2 aromatic rings. The number of pyridine rings is 1. The summed E-state index contributed by atoms with van der Waals surface area (Å²) in [5, 5.41) is 9.64. The van der Waals surface area contributed by atoms with Gasteiger partial charge in [0.05, 0.1) is 5.92 Å². The van der Waals surface area contributed by atoms with Crippen LogP contribution >= 0.6 is 0 Å². The first-order valence-corrected chi connectivity index (χ1v) is 7.50.